The van der Waals surface area contributed by atoms with Crippen LogP contribution in [0.4, 0.5) is 5.69 Å². The lowest BCUT2D eigenvalue weighted by atomic mass is 10.1. The maximum atomic E-state index is 12.3. The Bertz CT molecular complexity index is 882. The predicted octanol–water partition coefficient (Wildman–Crippen LogP) is 2.66. The van der Waals surface area contributed by atoms with E-state index in [0.717, 1.165) is 17.7 Å². The van der Waals surface area contributed by atoms with Crippen molar-refractivity contribution in [2.24, 2.45) is 0 Å². The van der Waals surface area contributed by atoms with Crippen LogP contribution in [-0.2, 0) is 17.8 Å². The standard InChI is InChI=1S/C16H15N3O2S/c1-2-11-5-3-4-6-12(11)18-14(20)9-19-10-17-13-7-8-22-15(13)16(19)21/h3-8,10H,2,9H2,1H3,(H,18,20). The molecule has 3 aromatic rings. The number of amides is 1. The Morgan fingerprint density at radius 3 is 2.95 bits per heavy atom. The molecule has 1 N–H and O–H groups in total. The van der Waals surface area contributed by atoms with Crippen LogP contribution in [0.2, 0.25) is 0 Å². The van der Waals surface area contributed by atoms with Crippen molar-refractivity contribution in [1.29, 1.82) is 0 Å². The number of benzene rings is 1. The molecule has 0 atom stereocenters. The van der Waals surface area contributed by atoms with Gasteiger partial charge in [0, 0.05) is 5.69 Å². The van der Waals surface area contributed by atoms with Gasteiger partial charge in [-0.25, -0.2) is 4.98 Å². The summed E-state index contributed by atoms with van der Waals surface area (Å²) in [6.07, 6.45) is 2.25. The van der Waals surface area contributed by atoms with Gasteiger partial charge in [-0.15, -0.1) is 11.3 Å². The Kier molecular flexibility index (Phi) is 4.02. The quantitative estimate of drug-likeness (QED) is 0.805. The number of aromatic nitrogens is 2. The number of fused-ring (bicyclic) bond motifs is 1. The number of carbonyl (C=O) groups is 1. The van der Waals surface area contributed by atoms with Crippen LogP contribution >= 0.6 is 11.3 Å². The molecule has 0 aliphatic heterocycles. The number of para-hydroxylation sites is 1. The fraction of sp³-hybridized carbons (Fsp3) is 0.188. The molecule has 0 unspecified atom stereocenters. The van der Waals surface area contributed by atoms with E-state index in [1.165, 1.54) is 22.2 Å². The zero-order chi connectivity index (χ0) is 15.5. The Labute approximate surface area is 131 Å². The third-order valence-electron chi connectivity index (χ3n) is 3.42. The summed E-state index contributed by atoms with van der Waals surface area (Å²) < 4.78 is 1.91. The fourth-order valence-electron chi connectivity index (χ4n) is 2.29. The number of thiophene rings is 1. The molecule has 112 valence electrons. The number of nitrogens with one attached hydrogen (secondary N) is 1. The molecule has 22 heavy (non-hydrogen) atoms. The summed E-state index contributed by atoms with van der Waals surface area (Å²) in [5, 5.41) is 4.68. The number of hydrogen-bond acceptors (Lipinski definition) is 4. The molecule has 3 rings (SSSR count). The second-order valence-corrected chi connectivity index (χ2v) is 5.79. The molecule has 0 spiro atoms. The van der Waals surface area contributed by atoms with Crippen LogP contribution in [0.25, 0.3) is 10.2 Å². The van der Waals surface area contributed by atoms with E-state index in [9.17, 15) is 9.59 Å². The van der Waals surface area contributed by atoms with Crippen LogP contribution in [-0.4, -0.2) is 15.5 Å². The molecule has 2 heterocycles. The molecule has 0 aliphatic carbocycles. The number of nitrogens with zero attached hydrogens (tertiary/aromatic N) is 2. The van der Waals surface area contributed by atoms with Crippen molar-refractivity contribution in [2.75, 3.05) is 5.32 Å². The van der Waals surface area contributed by atoms with Gasteiger partial charge in [0.2, 0.25) is 5.91 Å². The van der Waals surface area contributed by atoms with Crippen molar-refractivity contribution in [3.05, 3.63) is 58.0 Å². The minimum absolute atomic E-state index is 0.0439. The molecule has 0 saturated carbocycles. The SMILES string of the molecule is CCc1ccccc1NC(=O)Cn1cnc2ccsc2c1=O. The largest absolute Gasteiger partial charge is 0.324 e. The van der Waals surface area contributed by atoms with Crippen LogP contribution in [0.15, 0.2) is 46.8 Å². The van der Waals surface area contributed by atoms with Gasteiger partial charge in [0.15, 0.2) is 0 Å². The van der Waals surface area contributed by atoms with Crippen molar-refractivity contribution in [1.82, 2.24) is 9.55 Å². The summed E-state index contributed by atoms with van der Waals surface area (Å²) in [6, 6.07) is 9.44. The molecule has 0 radical (unpaired) electrons. The fourth-order valence-corrected chi connectivity index (χ4v) is 3.08. The highest BCUT2D eigenvalue weighted by Gasteiger charge is 2.10. The first-order valence-corrected chi connectivity index (χ1v) is 7.87. The number of rotatable bonds is 4. The lowest BCUT2D eigenvalue weighted by Crippen LogP contribution is -2.27. The summed E-state index contributed by atoms with van der Waals surface area (Å²) in [7, 11) is 0. The molecule has 6 heteroatoms. The molecule has 1 aromatic carbocycles. The number of anilines is 1. The first-order chi connectivity index (χ1) is 10.7. The van der Waals surface area contributed by atoms with E-state index >= 15 is 0 Å². The van der Waals surface area contributed by atoms with Crippen molar-refractivity contribution >= 4 is 33.1 Å². The lowest BCUT2D eigenvalue weighted by Gasteiger charge is -2.10. The molecule has 0 fully saturated rings. The van der Waals surface area contributed by atoms with Crippen molar-refractivity contribution in [3.8, 4) is 0 Å². The average molecular weight is 313 g/mol. The van der Waals surface area contributed by atoms with Crippen molar-refractivity contribution in [3.63, 3.8) is 0 Å². The topological polar surface area (TPSA) is 64.0 Å². The molecule has 0 bridgehead atoms. The minimum Gasteiger partial charge on any atom is -0.324 e. The molecule has 1 amide bonds. The first-order valence-electron chi connectivity index (χ1n) is 6.99. The maximum Gasteiger partial charge on any atom is 0.271 e. The van der Waals surface area contributed by atoms with Gasteiger partial charge in [0.1, 0.15) is 11.2 Å². The smallest absolute Gasteiger partial charge is 0.271 e. The van der Waals surface area contributed by atoms with Gasteiger partial charge in [0.25, 0.3) is 5.56 Å². The highest BCUT2D eigenvalue weighted by molar-refractivity contribution is 7.17. The predicted molar refractivity (Wildman–Crippen MR) is 88.3 cm³/mol. The van der Waals surface area contributed by atoms with Gasteiger partial charge < -0.3 is 5.32 Å². The summed E-state index contributed by atoms with van der Waals surface area (Å²) in [6.45, 7) is 1.99. The van der Waals surface area contributed by atoms with Crippen LogP contribution < -0.4 is 10.9 Å². The highest BCUT2D eigenvalue weighted by Crippen LogP contribution is 2.16. The molecule has 5 nitrogen and oxygen atoms in total. The second kappa shape index (κ2) is 6.11. The van der Waals surface area contributed by atoms with Crippen molar-refractivity contribution in [2.45, 2.75) is 19.9 Å². The van der Waals surface area contributed by atoms with Crippen LogP contribution in [0.5, 0.6) is 0 Å². The molecular formula is C16H15N3O2S. The number of carbonyl (C=O) groups excluding carboxylic acids is 1. The molecular weight excluding hydrogens is 298 g/mol. The van der Waals surface area contributed by atoms with Gasteiger partial charge in [-0.2, -0.15) is 0 Å². The third kappa shape index (κ3) is 2.78. The highest BCUT2D eigenvalue weighted by atomic mass is 32.1. The Balaban J connectivity index is 1.81. The summed E-state index contributed by atoms with van der Waals surface area (Å²) in [4.78, 5) is 28.6. The second-order valence-electron chi connectivity index (χ2n) is 4.87. The number of aryl methyl sites for hydroxylation is 1. The van der Waals surface area contributed by atoms with E-state index in [2.05, 4.69) is 10.3 Å². The van der Waals surface area contributed by atoms with Gasteiger partial charge in [-0.05, 0) is 29.5 Å². The first kappa shape index (κ1) is 14.5. The molecule has 0 saturated heterocycles. The summed E-state index contributed by atoms with van der Waals surface area (Å²) in [5.41, 5.74) is 2.34. The van der Waals surface area contributed by atoms with Gasteiger partial charge >= 0.3 is 0 Å². The van der Waals surface area contributed by atoms with E-state index in [-0.39, 0.29) is 18.0 Å². The number of hydrogen-bond donors (Lipinski definition) is 1. The third-order valence-corrected chi connectivity index (χ3v) is 4.31. The van der Waals surface area contributed by atoms with E-state index in [4.69, 9.17) is 0 Å². The van der Waals surface area contributed by atoms with Crippen LogP contribution in [0, 0.1) is 0 Å². The van der Waals surface area contributed by atoms with Crippen LogP contribution in [0.3, 0.4) is 0 Å². The molecule has 2 aromatic heterocycles. The lowest BCUT2D eigenvalue weighted by molar-refractivity contribution is -0.116. The van der Waals surface area contributed by atoms with E-state index in [1.54, 1.807) is 6.07 Å². The normalized spacial score (nSPS) is 10.8. The summed E-state index contributed by atoms with van der Waals surface area (Å²) >= 11 is 1.34. The maximum absolute atomic E-state index is 12.3. The van der Waals surface area contributed by atoms with E-state index in [0.29, 0.717) is 10.2 Å². The zero-order valence-corrected chi connectivity index (χ0v) is 12.9. The van der Waals surface area contributed by atoms with Gasteiger partial charge in [-0.3, -0.25) is 14.2 Å². The van der Waals surface area contributed by atoms with E-state index in [1.807, 2.05) is 36.6 Å². The molecule has 0 aliphatic rings. The zero-order valence-electron chi connectivity index (χ0n) is 12.1. The monoisotopic (exact) mass is 313 g/mol. The van der Waals surface area contributed by atoms with E-state index < -0.39 is 0 Å². The Morgan fingerprint density at radius 1 is 1.32 bits per heavy atom. The average Bonchev–Trinajstić information content (AvgIpc) is 3.00. The minimum atomic E-state index is -0.235. The van der Waals surface area contributed by atoms with Crippen LogP contribution in [0.1, 0.15) is 12.5 Å². The Morgan fingerprint density at radius 2 is 2.14 bits per heavy atom. The Hall–Kier alpha value is -2.47. The van der Waals surface area contributed by atoms with Crippen molar-refractivity contribution < 1.29 is 4.79 Å². The summed E-state index contributed by atoms with van der Waals surface area (Å²) in [5.74, 6) is -0.235. The van der Waals surface area contributed by atoms with Gasteiger partial charge in [0.05, 0.1) is 11.8 Å². The van der Waals surface area contributed by atoms with Gasteiger partial charge in [-0.1, -0.05) is 25.1 Å².